The van der Waals surface area contributed by atoms with Crippen molar-refractivity contribution in [3.05, 3.63) is 42.7 Å². The SMILES string of the molecule is O=C(Nc1ccc(-n2cccn2)cc1)N1CCCC(N2CCCC2=O)CC1. The number of rotatable bonds is 3. The summed E-state index contributed by atoms with van der Waals surface area (Å²) in [5.41, 5.74) is 1.72. The molecule has 0 spiro atoms. The molecule has 1 aromatic heterocycles. The van der Waals surface area contributed by atoms with E-state index in [0.717, 1.165) is 50.1 Å². The summed E-state index contributed by atoms with van der Waals surface area (Å²) in [5.74, 6) is 0.273. The zero-order valence-corrected chi connectivity index (χ0v) is 15.4. The lowest BCUT2D eigenvalue weighted by molar-refractivity contribution is -0.129. The number of anilines is 1. The minimum Gasteiger partial charge on any atom is -0.340 e. The monoisotopic (exact) mass is 367 g/mol. The number of hydrogen-bond donors (Lipinski definition) is 1. The van der Waals surface area contributed by atoms with E-state index in [2.05, 4.69) is 10.4 Å². The molecular formula is C20H25N5O2. The molecule has 1 aromatic carbocycles. The van der Waals surface area contributed by atoms with Crippen LogP contribution in [0.1, 0.15) is 32.1 Å². The Morgan fingerprint density at radius 3 is 2.63 bits per heavy atom. The van der Waals surface area contributed by atoms with Crippen molar-refractivity contribution in [1.29, 1.82) is 0 Å². The molecule has 7 nitrogen and oxygen atoms in total. The maximum atomic E-state index is 12.6. The van der Waals surface area contributed by atoms with Crippen LogP contribution in [0.5, 0.6) is 0 Å². The van der Waals surface area contributed by atoms with E-state index in [9.17, 15) is 9.59 Å². The summed E-state index contributed by atoms with van der Waals surface area (Å²) >= 11 is 0. The Hall–Kier alpha value is -2.83. The number of hydrogen-bond acceptors (Lipinski definition) is 3. The van der Waals surface area contributed by atoms with E-state index in [1.54, 1.807) is 10.9 Å². The van der Waals surface area contributed by atoms with E-state index in [0.29, 0.717) is 13.0 Å². The van der Waals surface area contributed by atoms with E-state index >= 15 is 0 Å². The number of urea groups is 1. The van der Waals surface area contributed by atoms with Gasteiger partial charge < -0.3 is 15.1 Å². The van der Waals surface area contributed by atoms with Gasteiger partial charge in [0.1, 0.15) is 0 Å². The molecule has 3 amide bonds. The largest absolute Gasteiger partial charge is 0.340 e. The molecule has 2 fully saturated rings. The smallest absolute Gasteiger partial charge is 0.321 e. The van der Waals surface area contributed by atoms with Crippen molar-refractivity contribution >= 4 is 17.6 Å². The molecule has 2 aliphatic rings. The highest BCUT2D eigenvalue weighted by Gasteiger charge is 2.30. The topological polar surface area (TPSA) is 70.5 Å². The minimum absolute atomic E-state index is 0.0739. The van der Waals surface area contributed by atoms with Gasteiger partial charge in [0.25, 0.3) is 0 Å². The van der Waals surface area contributed by atoms with Crippen molar-refractivity contribution in [2.75, 3.05) is 25.0 Å². The zero-order valence-electron chi connectivity index (χ0n) is 15.4. The van der Waals surface area contributed by atoms with E-state index in [1.165, 1.54) is 0 Å². The number of likely N-dealkylation sites (tertiary alicyclic amines) is 2. The van der Waals surface area contributed by atoms with Gasteiger partial charge in [0.05, 0.1) is 5.69 Å². The molecule has 0 bridgehead atoms. The van der Waals surface area contributed by atoms with Crippen LogP contribution in [0.4, 0.5) is 10.5 Å². The number of carbonyl (C=O) groups is 2. The van der Waals surface area contributed by atoms with Gasteiger partial charge in [-0.25, -0.2) is 9.48 Å². The minimum atomic E-state index is -0.0739. The van der Waals surface area contributed by atoms with Crippen LogP contribution in [0.25, 0.3) is 5.69 Å². The third-order valence-electron chi connectivity index (χ3n) is 5.42. The second kappa shape index (κ2) is 7.82. The Bertz CT molecular complexity index is 787. The van der Waals surface area contributed by atoms with Gasteiger partial charge in [-0.3, -0.25) is 4.79 Å². The van der Waals surface area contributed by atoms with Crippen LogP contribution < -0.4 is 5.32 Å². The van der Waals surface area contributed by atoms with Crippen LogP contribution in [0, 0.1) is 0 Å². The summed E-state index contributed by atoms with van der Waals surface area (Å²) in [6, 6.07) is 9.72. The molecule has 1 unspecified atom stereocenters. The molecule has 1 atom stereocenters. The zero-order chi connectivity index (χ0) is 18.6. The van der Waals surface area contributed by atoms with E-state index in [-0.39, 0.29) is 18.0 Å². The van der Waals surface area contributed by atoms with Crippen LogP contribution in [0.15, 0.2) is 42.7 Å². The predicted octanol–water partition coefficient (Wildman–Crippen LogP) is 2.88. The Morgan fingerprint density at radius 1 is 1.07 bits per heavy atom. The van der Waals surface area contributed by atoms with Crippen LogP contribution in [0.3, 0.4) is 0 Å². The molecule has 27 heavy (non-hydrogen) atoms. The van der Waals surface area contributed by atoms with Gasteiger partial charge in [0, 0.05) is 50.2 Å². The van der Waals surface area contributed by atoms with Crippen LogP contribution in [0.2, 0.25) is 0 Å². The average Bonchev–Trinajstić information content (AvgIpc) is 3.29. The molecular weight excluding hydrogens is 342 g/mol. The van der Waals surface area contributed by atoms with Gasteiger partial charge in [0.2, 0.25) is 5.91 Å². The molecule has 2 aliphatic heterocycles. The molecule has 4 rings (SSSR count). The van der Waals surface area contributed by atoms with Crippen LogP contribution in [-0.2, 0) is 4.79 Å². The molecule has 0 aliphatic carbocycles. The first-order valence-corrected chi connectivity index (χ1v) is 9.66. The van der Waals surface area contributed by atoms with Crippen molar-refractivity contribution < 1.29 is 9.59 Å². The maximum absolute atomic E-state index is 12.6. The molecule has 3 heterocycles. The number of aromatic nitrogens is 2. The lowest BCUT2D eigenvalue weighted by Crippen LogP contribution is -2.38. The van der Waals surface area contributed by atoms with Gasteiger partial charge in [-0.05, 0) is 56.0 Å². The summed E-state index contributed by atoms with van der Waals surface area (Å²) in [7, 11) is 0. The van der Waals surface area contributed by atoms with Crippen molar-refractivity contribution in [3.8, 4) is 5.69 Å². The first-order chi connectivity index (χ1) is 13.2. The summed E-state index contributed by atoms with van der Waals surface area (Å²) in [6.07, 6.45) is 8.03. The summed E-state index contributed by atoms with van der Waals surface area (Å²) in [6.45, 7) is 2.29. The number of carbonyl (C=O) groups excluding carboxylic acids is 2. The predicted molar refractivity (Wildman–Crippen MR) is 103 cm³/mol. The number of nitrogens with zero attached hydrogens (tertiary/aromatic N) is 4. The Morgan fingerprint density at radius 2 is 1.93 bits per heavy atom. The fourth-order valence-corrected chi connectivity index (χ4v) is 3.97. The summed E-state index contributed by atoms with van der Waals surface area (Å²) in [5, 5.41) is 7.18. The summed E-state index contributed by atoms with van der Waals surface area (Å²) < 4.78 is 1.78. The quantitative estimate of drug-likeness (QED) is 0.907. The third kappa shape index (κ3) is 3.97. The second-order valence-electron chi connectivity index (χ2n) is 7.19. The first kappa shape index (κ1) is 17.6. The Kier molecular flexibility index (Phi) is 5.09. The van der Waals surface area contributed by atoms with E-state index < -0.39 is 0 Å². The van der Waals surface area contributed by atoms with Crippen molar-refractivity contribution in [3.63, 3.8) is 0 Å². The van der Waals surface area contributed by atoms with Gasteiger partial charge in [-0.1, -0.05) is 0 Å². The second-order valence-corrected chi connectivity index (χ2v) is 7.19. The first-order valence-electron chi connectivity index (χ1n) is 9.66. The highest BCUT2D eigenvalue weighted by atomic mass is 16.2. The molecule has 0 saturated carbocycles. The van der Waals surface area contributed by atoms with Gasteiger partial charge >= 0.3 is 6.03 Å². The van der Waals surface area contributed by atoms with Gasteiger partial charge in [-0.15, -0.1) is 0 Å². The number of nitrogens with one attached hydrogen (secondary N) is 1. The standard InChI is InChI=1S/C20H25N5O2/c26-19-5-2-13-24(19)17-4-1-12-23(15-10-17)20(27)22-16-6-8-18(9-7-16)25-14-3-11-21-25/h3,6-9,11,14,17H,1-2,4-5,10,12-13,15H2,(H,22,27). The average molecular weight is 367 g/mol. The van der Waals surface area contributed by atoms with E-state index in [1.807, 2.05) is 46.3 Å². The number of benzene rings is 1. The Labute approximate surface area is 158 Å². The number of amides is 3. The van der Waals surface area contributed by atoms with Gasteiger partial charge in [0.15, 0.2) is 0 Å². The lowest BCUT2D eigenvalue weighted by atomic mass is 10.1. The molecule has 2 saturated heterocycles. The van der Waals surface area contributed by atoms with Crippen LogP contribution >= 0.6 is 0 Å². The van der Waals surface area contributed by atoms with Gasteiger partial charge in [-0.2, -0.15) is 5.10 Å². The molecule has 0 radical (unpaired) electrons. The normalized spacial score (nSPS) is 20.6. The highest BCUT2D eigenvalue weighted by molar-refractivity contribution is 5.89. The van der Waals surface area contributed by atoms with Crippen molar-refractivity contribution in [2.45, 2.75) is 38.1 Å². The van der Waals surface area contributed by atoms with E-state index in [4.69, 9.17) is 0 Å². The fourth-order valence-electron chi connectivity index (χ4n) is 3.97. The Balaban J connectivity index is 1.33. The molecule has 2 aromatic rings. The highest BCUT2D eigenvalue weighted by Crippen LogP contribution is 2.23. The molecule has 142 valence electrons. The van der Waals surface area contributed by atoms with Crippen LogP contribution in [-0.4, -0.2) is 57.2 Å². The third-order valence-corrected chi connectivity index (χ3v) is 5.42. The summed E-state index contributed by atoms with van der Waals surface area (Å²) in [4.78, 5) is 28.5. The van der Waals surface area contributed by atoms with Crippen molar-refractivity contribution in [2.24, 2.45) is 0 Å². The molecule has 7 heteroatoms. The lowest BCUT2D eigenvalue weighted by Gasteiger charge is -2.27. The van der Waals surface area contributed by atoms with Crippen molar-refractivity contribution in [1.82, 2.24) is 19.6 Å². The fraction of sp³-hybridized carbons (Fsp3) is 0.450. The maximum Gasteiger partial charge on any atom is 0.321 e. The molecule has 1 N–H and O–H groups in total.